The van der Waals surface area contributed by atoms with Crippen LogP contribution in [0.5, 0.6) is 0 Å². The molecule has 1 aliphatic heterocycles. The van der Waals surface area contributed by atoms with Gasteiger partial charge in [0.25, 0.3) is 5.91 Å². The van der Waals surface area contributed by atoms with Crippen LogP contribution in [0.2, 0.25) is 0 Å². The van der Waals surface area contributed by atoms with E-state index in [0.717, 1.165) is 46.2 Å². The van der Waals surface area contributed by atoms with E-state index in [9.17, 15) is 9.59 Å². The second-order valence-corrected chi connectivity index (χ2v) is 9.45. The summed E-state index contributed by atoms with van der Waals surface area (Å²) in [5.41, 5.74) is 12.1. The van der Waals surface area contributed by atoms with E-state index >= 15 is 0 Å². The molecule has 38 heavy (non-hydrogen) atoms. The van der Waals surface area contributed by atoms with Crippen molar-refractivity contribution in [3.05, 3.63) is 77.5 Å². The topological polar surface area (TPSA) is 122 Å². The maximum absolute atomic E-state index is 13.2. The molecule has 9 nitrogen and oxygen atoms in total. The van der Waals surface area contributed by atoms with Crippen molar-refractivity contribution in [3.63, 3.8) is 0 Å². The van der Waals surface area contributed by atoms with E-state index in [0.29, 0.717) is 36.7 Å². The van der Waals surface area contributed by atoms with Gasteiger partial charge in [0.05, 0.1) is 25.3 Å². The third kappa shape index (κ3) is 5.80. The molecule has 194 valence electrons. The normalized spacial score (nSPS) is 13.8. The minimum absolute atomic E-state index is 0.0925. The molecule has 0 atom stereocenters. The van der Waals surface area contributed by atoms with Crippen LogP contribution in [0.1, 0.15) is 21.5 Å². The molecule has 2 amide bonds. The van der Waals surface area contributed by atoms with Crippen LogP contribution < -0.4 is 16.4 Å². The number of amides is 2. The average molecular weight is 511 g/mol. The summed E-state index contributed by atoms with van der Waals surface area (Å²) in [6.45, 7) is 6.99. The van der Waals surface area contributed by atoms with E-state index in [1.807, 2.05) is 56.3 Å². The number of aromatic nitrogens is 2. The van der Waals surface area contributed by atoms with Gasteiger partial charge in [-0.05, 0) is 72.5 Å². The fourth-order valence-electron chi connectivity index (χ4n) is 4.48. The summed E-state index contributed by atoms with van der Waals surface area (Å²) in [5.74, 6) is -0.0984. The molecular weight excluding hydrogens is 480 g/mol. The number of nitrogens with zero attached hydrogens (tertiary/aromatic N) is 3. The van der Waals surface area contributed by atoms with Crippen LogP contribution in [0.25, 0.3) is 22.0 Å². The molecule has 1 aromatic heterocycles. The van der Waals surface area contributed by atoms with Gasteiger partial charge in [-0.3, -0.25) is 14.5 Å². The third-order valence-corrected chi connectivity index (χ3v) is 6.65. The monoisotopic (exact) mass is 510 g/mol. The highest BCUT2D eigenvalue weighted by atomic mass is 16.5. The molecular formula is C29H30N6O3. The number of hydrogen-bond donors (Lipinski definition) is 3. The van der Waals surface area contributed by atoms with Crippen molar-refractivity contribution in [2.75, 3.05) is 49.2 Å². The smallest absolute Gasteiger partial charge is 0.255 e. The number of rotatable bonds is 6. The minimum atomic E-state index is -0.238. The number of aryl methyl sites for hydroxylation is 2. The highest BCUT2D eigenvalue weighted by Crippen LogP contribution is 2.28. The molecule has 0 spiro atoms. The number of fused-ring (bicyclic) bond motifs is 1. The number of morpholine rings is 1. The van der Waals surface area contributed by atoms with Crippen LogP contribution in [-0.2, 0) is 9.53 Å². The molecule has 0 bridgehead atoms. The van der Waals surface area contributed by atoms with Gasteiger partial charge < -0.3 is 21.1 Å². The summed E-state index contributed by atoms with van der Waals surface area (Å²) >= 11 is 0. The first kappa shape index (κ1) is 25.3. The van der Waals surface area contributed by atoms with E-state index < -0.39 is 0 Å². The molecule has 4 N–H and O–H groups in total. The van der Waals surface area contributed by atoms with Crippen LogP contribution in [0.3, 0.4) is 0 Å². The molecule has 4 aromatic rings. The lowest BCUT2D eigenvalue weighted by molar-refractivity contribution is -0.118. The Hall–Kier alpha value is -4.34. The summed E-state index contributed by atoms with van der Waals surface area (Å²) in [6, 6.07) is 17.0. The largest absolute Gasteiger partial charge is 0.379 e. The van der Waals surface area contributed by atoms with Crippen LogP contribution >= 0.6 is 0 Å². The van der Waals surface area contributed by atoms with Crippen LogP contribution in [0.15, 0.2) is 60.8 Å². The highest BCUT2D eigenvalue weighted by Gasteiger charge is 2.16. The molecule has 1 aliphatic rings. The number of anilines is 3. The lowest BCUT2D eigenvalue weighted by Crippen LogP contribution is -2.41. The number of ether oxygens (including phenoxy) is 1. The standard InChI is InChI=1S/C29H30N6O3/c1-18-3-5-21(14-24(18)20-6-8-25-22(13-20)16-31-29(30)34-25)28(37)32-23-7-4-19(2)26(15-23)33-27(36)17-35-9-11-38-12-10-35/h3-8,13-16H,9-12,17H2,1-2H3,(H,32,37)(H,33,36)(H2,30,31,34). The molecule has 2 heterocycles. The quantitative estimate of drug-likeness (QED) is 0.358. The zero-order valence-electron chi connectivity index (χ0n) is 21.5. The van der Waals surface area contributed by atoms with Gasteiger partial charge in [-0.25, -0.2) is 9.97 Å². The maximum atomic E-state index is 13.2. The fraction of sp³-hybridized carbons (Fsp3) is 0.241. The van der Waals surface area contributed by atoms with E-state index in [1.165, 1.54) is 0 Å². The number of nitrogens with two attached hydrogens (primary N) is 1. The summed E-state index contributed by atoms with van der Waals surface area (Å²) in [5, 5.41) is 6.81. The Balaban J connectivity index is 1.32. The SMILES string of the molecule is Cc1ccc(NC(=O)c2ccc(C)c(-c3ccc4nc(N)ncc4c3)c2)cc1NC(=O)CN1CCOCC1. The molecule has 0 unspecified atom stereocenters. The van der Waals surface area contributed by atoms with Gasteiger partial charge >= 0.3 is 0 Å². The zero-order chi connectivity index (χ0) is 26.6. The molecule has 9 heteroatoms. The van der Waals surface area contributed by atoms with Crippen LogP contribution in [-0.4, -0.2) is 59.5 Å². The predicted molar refractivity (Wildman–Crippen MR) is 149 cm³/mol. The van der Waals surface area contributed by atoms with E-state index in [-0.39, 0.29) is 17.8 Å². The van der Waals surface area contributed by atoms with Crippen molar-refractivity contribution in [1.29, 1.82) is 0 Å². The Morgan fingerprint density at radius 2 is 1.76 bits per heavy atom. The second-order valence-electron chi connectivity index (χ2n) is 9.45. The Morgan fingerprint density at radius 1 is 0.974 bits per heavy atom. The molecule has 0 aliphatic carbocycles. The summed E-state index contributed by atoms with van der Waals surface area (Å²) in [6.07, 6.45) is 1.70. The Bertz CT molecular complexity index is 1510. The zero-order valence-corrected chi connectivity index (χ0v) is 21.5. The van der Waals surface area contributed by atoms with Gasteiger partial charge in [0.1, 0.15) is 0 Å². The fourth-order valence-corrected chi connectivity index (χ4v) is 4.48. The van der Waals surface area contributed by atoms with Crippen molar-refractivity contribution in [1.82, 2.24) is 14.9 Å². The minimum Gasteiger partial charge on any atom is -0.379 e. The average Bonchev–Trinajstić information content (AvgIpc) is 2.91. The van der Waals surface area contributed by atoms with Crippen LogP contribution in [0.4, 0.5) is 17.3 Å². The molecule has 0 radical (unpaired) electrons. The van der Waals surface area contributed by atoms with Gasteiger partial charge in [-0.15, -0.1) is 0 Å². The number of benzene rings is 3. The number of hydrogen-bond acceptors (Lipinski definition) is 7. The van der Waals surface area contributed by atoms with Gasteiger partial charge in [0.15, 0.2) is 0 Å². The first-order valence-corrected chi connectivity index (χ1v) is 12.5. The van der Waals surface area contributed by atoms with E-state index in [2.05, 4.69) is 25.5 Å². The van der Waals surface area contributed by atoms with E-state index in [1.54, 1.807) is 18.3 Å². The summed E-state index contributed by atoms with van der Waals surface area (Å²) in [4.78, 5) is 36.2. The van der Waals surface area contributed by atoms with Crippen molar-refractivity contribution < 1.29 is 14.3 Å². The highest BCUT2D eigenvalue weighted by molar-refractivity contribution is 6.06. The van der Waals surface area contributed by atoms with Gasteiger partial charge in [0, 0.05) is 41.6 Å². The number of carbonyl (C=O) groups is 2. The Morgan fingerprint density at radius 3 is 2.58 bits per heavy atom. The number of nitrogen functional groups attached to an aromatic ring is 1. The van der Waals surface area contributed by atoms with Gasteiger partial charge in [-0.1, -0.05) is 18.2 Å². The molecule has 0 saturated carbocycles. The summed E-state index contributed by atoms with van der Waals surface area (Å²) in [7, 11) is 0. The summed E-state index contributed by atoms with van der Waals surface area (Å²) < 4.78 is 5.34. The first-order chi connectivity index (χ1) is 18.4. The van der Waals surface area contributed by atoms with Gasteiger partial charge in [0.2, 0.25) is 11.9 Å². The molecule has 5 rings (SSSR count). The van der Waals surface area contributed by atoms with Crippen molar-refractivity contribution in [2.24, 2.45) is 0 Å². The Labute approximate surface area is 221 Å². The van der Waals surface area contributed by atoms with Crippen molar-refractivity contribution in [2.45, 2.75) is 13.8 Å². The molecule has 1 saturated heterocycles. The van der Waals surface area contributed by atoms with Crippen molar-refractivity contribution >= 4 is 40.0 Å². The first-order valence-electron chi connectivity index (χ1n) is 12.5. The third-order valence-electron chi connectivity index (χ3n) is 6.65. The second kappa shape index (κ2) is 11.0. The van der Waals surface area contributed by atoms with Crippen molar-refractivity contribution in [3.8, 4) is 11.1 Å². The lowest BCUT2D eigenvalue weighted by Gasteiger charge is -2.26. The lowest BCUT2D eigenvalue weighted by atomic mass is 9.97. The number of nitrogens with one attached hydrogen (secondary N) is 2. The Kier molecular flexibility index (Phi) is 7.30. The van der Waals surface area contributed by atoms with Crippen LogP contribution in [0, 0.1) is 13.8 Å². The molecule has 1 fully saturated rings. The van der Waals surface area contributed by atoms with E-state index in [4.69, 9.17) is 10.5 Å². The maximum Gasteiger partial charge on any atom is 0.255 e. The van der Waals surface area contributed by atoms with Gasteiger partial charge in [-0.2, -0.15) is 0 Å². The predicted octanol–water partition coefficient (Wildman–Crippen LogP) is 4.02. The number of carbonyl (C=O) groups excluding carboxylic acids is 2. The molecule has 3 aromatic carbocycles.